The van der Waals surface area contributed by atoms with Gasteiger partial charge in [-0.15, -0.1) is 0 Å². The average Bonchev–Trinajstić information content (AvgIpc) is 3.11. The third kappa shape index (κ3) is 3.67. The fourth-order valence-corrected chi connectivity index (χ4v) is 2.45. The number of furan rings is 1. The highest BCUT2D eigenvalue weighted by atomic mass is 16.3. The number of hydrogen-bond acceptors (Lipinski definition) is 3. The van der Waals surface area contributed by atoms with Gasteiger partial charge >= 0.3 is 0 Å². The molecule has 23 heavy (non-hydrogen) atoms. The predicted octanol–water partition coefficient (Wildman–Crippen LogP) is 3.30. The Morgan fingerprint density at radius 3 is 2.83 bits per heavy atom. The molecular weight excluding hydrogens is 290 g/mol. The normalized spacial score (nSPS) is 12.6. The first-order valence-corrected chi connectivity index (χ1v) is 7.38. The molecule has 0 aliphatic heterocycles. The summed E-state index contributed by atoms with van der Waals surface area (Å²) in [4.78, 5) is 11.8. The zero-order valence-corrected chi connectivity index (χ0v) is 12.5. The first-order valence-electron chi connectivity index (χ1n) is 7.38. The highest BCUT2D eigenvalue weighted by Crippen LogP contribution is 2.23. The number of aliphatic hydroxyl groups is 1. The predicted molar refractivity (Wildman–Crippen MR) is 89.7 cm³/mol. The van der Waals surface area contributed by atoms with Crippen molar-refractivity contribution in [2.75, 3.05) is 6.54 Å². The summed E-state index contributed by atoms with van der Waals surface area (Å²) in [5.41, 5.74) is 1.62. The second-order valence-electron chi connectivity index (χ2n) is 5.22. The third-order valence-corrected chi connectivity index (χ3v) is 3.62. The van der Waals surface area contributed by atoms with Crippen molar-refractivity contribution in [1.82, 2.24) is 5.32 Å². The SMILES string of the molecule is O=C(C=Cc1ccoc1)NCC(O)c1cccc2ccccc12. The maximum atomic E-state index is 11.8. The lowest BCUT2D eigenvalue weighted by atomic mass is 10.0. The van der Waals surface area contributed by atoms with E-state index in [0.29, 0.717) is 0 Å². The standard InChI is InChI=1S/C19H17NO3/c21-18(12-20-19(22)9-8-14-10-11-23-13-14)17-7-3-5-15-4-1-2-6-16(15)17/h1-11,13,18,21H,12H2,(H,20,22). The quantitative estimate of drug-likeness (QED) is 0.711. The van der Waals surface area contributed by atoms with Crippen LogP contribution in [0.4, 0.5) is 0 Å². The van der Waals surface area contributed by atoms with Crippen LogP contribution in [0, 0.1) is 0 Å². The van der Waals surface area contributed by atoms with Gasteiger partial charge in [0.15, 0.2) is 0 Å². The zero-order chi connectivity index (χ0) is 16.1. The topological polar surface area (TPSA) is 62.5 Å². The lowest BCUT2D eigenvalue weighted by Gasteiger charge is -2.14. The molecule has 0 fully saturated rings. The van der Waals surface area contributed by atoms with Gasteiger partial charge in [-0.2, -0.15) is 0 Å². The van der Waals surface area contributed by atoms with E-state index in [1.54, 1.807) is 24.7 Å². The first kappa shape index (κ1) is 15.1. The molecule has 0 radical (unpaired) electrons. The van der Waals surface area contributed by atoms with Crippen LogP contribution in [0.15, 0.2) is 71.6 Å². The van der Waals surface area contributed by atoms with Gasteiger partial charge in [0.05, 0.1) is 18.6 Å². The number of rotatable bonds is 5. The van der Waals surface area contributed by atoms with Crippen LogP contribution in [0.1, 0.15) is 17.2 Å². The highest BCUT2D eigenvalue weighted by Gasteiger charge is 2.11. The van der Waals surface area contributed by atoms with Gasteiger partial charge in [-0.3, -0.25) is 4.79 Å². The van der Waals surface area contributed by atoms with Crippen LogP contribution in [-0.4, -0.2) is 17.6 Å². The van der Waals surface area contributed by atoms with Gasteiger partial charge in [-0.05, 0) is 28.5 Å². The fraction of sp³-hybridized carbons (Fsp3) is 0.105. The van der Waals surface area contributed by atoms with Crippen LogP contribution in [0.2, 0.25) is 0 Å². The average molecular weight is 307 g/mol. The van der Waals surface area contributed by atoms with Crippen molar-refractivity contribution < 1.29 is 14.3 Å². The Labute approximate surface area is 134 Å². The summed E-state index contributed by atoms with van der Waals surface area (Å²) < 4.78 is 4.92. The number of hydrogen-bond donors (Lipinski definition) is 2. The molecule has 2 aromatic carbocycles. The van der Waals surface area contributed by atoms with Crippen LogP contribution in [0.25, 0.3) is 16.8 Å². The lowest BCUT2D eigenvalue weighted by Crippen LogP contribution is -2.26. The number of aliphatic hydroxyl groups excluding tert-OH is 1. The van der Waals surface area contributed by atoms with E-state index in [1.807, 2.05) is 42.5 Å². The van der Waals surface area contributed by atoms with Crippen LogP contribution >= 0.6 is 0 Å². The summed E-state index contributed by atoms with van der Waals surface area (Å²) in [6, 6.07) is 15.4. The van der Waals surface area contributed by atoms with Crippen molar-refractivity contribution in [2.45, 2.75) is 6.10 Å². The molecular formula is C19H17NO3. The summed E-state index contributed by atoms with van der Waals surface area (Å²) in [5, 5.41) is 15.1. The molecule has 1 heterocycles. The second kappa shape index (κ2) is 6.94. The van der Waals surface area contributed by atoms with E-state index in [-0.39, 0.29) is 12.5 Å². The van der Waals surface area contributed by atoms with Gasteiger partial charge in [-0.25, -0.2) is 0 Å². The van der Waals surface area contributed by atoms with Crippen LogP contribution < -0.4 is 5.32 Å². The molecule has 2 N–H and O–H groups in total. The molecule has 1 amide bonds. The molecule has 0 aliphatic carbocycles. The fourth-order valence-electron chi connectivity index (χ4n) is 2.45. The van der Waals surface area contributed by atoms with Gasteiger partial charge < -0.3 is 14.8 Å². The Balaban J connectivity index is 1.64. The van der Waals surface area contributed by atoms with E-state index < -0.39 is 6.10 Å². The Morgan fingerprint density at radius 1 is 1.17 bits per heavy atom. The van der Waals surface area contributed by atoms with Crippen molar-refractivity contribution in [2.24, 2.45) is 0 Å². The van der Waals surface area contributed by atoms with Gasteiger partial charge in [0.2, 0.25) is 5.91 Å². The van der Waals surface area contributed by atoms with Gasteiger partial charge in [0.1, 0.15) is 0 Å². The summed E-state index contributed by atoms with van der Waals surface area (Å²) in [7, 11) is 0. The Morgan fingerprint density at radius 2 is 2.00 bits per heavy atom. The molecule has 0 saturated heterocycles. The number of amides is 1. The van der Waals surface area contributed by atoms with E-state index in [9.17, 15) is 9.90 Å². The maximum absolute atomic E-state index is 11.8. The number of fused-ring (bicyclic) bond motifs is 1. The lowest BCUT2D eigenvalue weighted by molar-refractivity contribution is -0.116. The number of carbonyl (C=O) groups excluding carboxylic acids is 1. The van der Waals surface area contributed by atoms with Gasteiger partial charge in [-0.1, -0.05) is 42.5 Å². The Hall–Kier alpha value is -2.85. The van der Waals surface area contributed by atoms with Crippen molar-refractivity contribution in [3.05, 3.63) is 78.3 Å². The molecule has 1 aromatic heterocycles. The van der Waals surface area contributed by atoms with Gasteiger partial charge in [0.25, 0.3) is 0 Å². The van der Waals surface area contributed by atoms with Crippen molar-refractivity contribution in [3.8, 4) is 0 Å². The summed E-state index contributed by atoms with van der Waals surface area (Å²) in [6.07, 6.45) is 5.41. The van der Waals surface area contributed by atoms with E-state index >= 15 is 0 Å². The van der Waals surface area contributed by atoms with Gasteiger partial charge in [0, 0.05) is 18.2 Å². The van der Waals surface area contributed by atoms with Crippen LogP contribution in [0.3, 0.4) is 0 Å². The largest absolute Gasteiger partial charge is 0.472 e. The first-order chi connectivity index (χ1) is 11.2. The molecule has 0 spiro atoms. The molecule has 4 heteroatoms. The molecule has 116 valence electrons. The van der Waals surface area contributed by atoms with Crippen molar-refractivity contribution >= 4 is 22.8 Å². The van der Waals surface area contributed by atoms with E-state index in [2.05, 4.69) is 5.32 Å². The summed E-state index contributed by atoms with van der Waals surface area (Å²) in [6.45, 7) is 0.155. The highest BCUT2D eigenvalue weighted by molar-refractivity contribution is 5.91. The molecule has 3 rings (SSSR count). The van der Waals surface area contributed by atoms with Crippen molar-refractivity contribution in [1.29, 1.82) is 0 Å². The minimum absolute atomic E-state index is 0.155. The molecule has 1 atom stereocenters. The summed E-state index contributed by atoms with van der Waals surface area (Å²) in [5.74, 6) is -0.259. The Bertz CT molecular complexity index is 816. The summed E-state index contributed by atoms with van der Waals surface area (Å²) >= 11 is 0. The minimum atomic E-state index is -0.757. The zero-order valence-electron chi connectivity index (χ0n) is 12.5. The van der Waals surface area contributed by atoms with Crippen LogP contribution in [0.5, 0.6) is 0 Å². The Kier molecular flexibility index (Phi) is 4.54. The molecule has 4 nitrogen and oxygen atoms in total. The number of benzene rings is 2. The monoisotopic (exact) mass is 307 g/mol. The maximum Gasteiger partial charge on any atom is 0.244 e. The van der Waals surface area contributed by atoms with E-state index in [0.717, 1.165) is 21.9 Å². The molecule has 0 aliphatic rings. The molecule has 1 unspecified atom stereocenters. The second-order valence-corrected chi connectivity index (χ2v) is 5.22. The van der Waals surface area contributed by atoms with E-state index in [1.165, 1.54) is 6.08 Å². The minimum Gasteiger partial charge on any atom is -0.472 e. The van der Waals surface area contributed by atoms with E-state index in [4.69, 9.17) is 4.42 Å². The number of carbonyl (C=O) groups is 1. The molecule has 3 aromatic rings. The molecule has 0 saturated carbocycles. The smallest absolute Gasteiger partial charge is 0.244 e. The third-order valence-electron chi connectivity index (χ3n) is 3.62. The van der Waals surface area contributed by atoms with Crippen molar-refractivity contribution in [3.63, 3.8) is 0 Å². The molecule has 0 bridgehead atoms. The number of nitrogens with one attached hydrogen (secondary N) is 1. The van der Waals surface area contributed by atoms with Crippen LogP contribution in [-0.2, 0) is 4.79 Å².